The lowest BCUT2D eigenvalue weighted by Gasteiger charge is -2.08. The molecule has 122 valence electrons. The Morgan fingerprint density at radius 3 is 2.61 bits per heavy atom. The Kier molecular flexibility index (Phi) is 7.26. The summed E-state index contributed by atoms with van der Waals surface area (Å²) >= 11 is 0. The van der Waals surface area contributed by atoms with Crippen LogP contribution in [0.1, 0.15) is 5.56 Å². The monoisotopic (exact) mass is 428 g/mol. The highest BCUT2D eigenvalue weighted by molar-refractivity contribution is 14.0. The van der Waals surface area contributed by atoms with Gasteiger partial charge in [0.2, 0.25) is 0 Å². The number of nitrogens with two attached hydrogens (primary N) is 1. The number of nitrogens with zero attached hydrogens (tertiary/aromatic N) is 2. The van der Waals surface area contributed by atoms with E-state index in [0.29, 0.717) is 11.3 Å². The van der Waals surface area contributed by atoms with Crippen molar-refractivity contribution >= 4 is 41.3 Å². The number of halogens is 1. The summed E-state index contributed by atoms with van der Waals surface area (Å²) < 4.78 is 5.18. The van der Waals surface area contributed by atoms with Crippen LogP contribution in [0.5, 0.6) is 5.75 Å². The fraction of sp³-hybridized carbons (Fsp3) is 0.133. The first-order valence-corrected chi connectivity index (χ1v) is 6.53. The van der Waals surface area contributed by atoms with E-state index >= 15 is 0 Å². The zero-order valence-electron chi connectivity index (χ0n) is 12.4. The maximum Gasteiger partial charge on any atom is 0.270 e. The SMILES string of the molecule is COc1ccc([N+](=O)[O-])cc1CN=C(N)Nc1ccccc1.I. The molecule has 23 heavy (non-hydrogen) atoms. The fourth-order valence-corrected chi connectivity index (χ4v) is 1.88. The summed E-state index contributed by atoms with van der Waals surface area (Å²) in [6.07, 6.45) is 0. The number of guanidine groups is 1. The van der Waals surface area contributed by atoms with E-state index in [9.17, 15) is 10.1 Å². The Bertz CT molecular complexity index is 692. The number of hydrogen-bond acceptors (Lipinski definition) is 4. The molecule has 0 aliphatic carbocycles. The largest absolute Gasteiger partial charge is 0.496 e. The van der Waals surface area contributed by atoms with Gasteiger partial charge in [0.15, 0.2) is 5.96 Å². The number of aliphatic imine (C=N–C) groups is 1. The Morgan fingerprint density at radius 1 is 1.30 bits per heavy atom. The van der Waals surface area contributed by atoms with Crippen molar-refractivity contribution in [3.8, 4) is 5.75 Å². The predicted molar refractivity (Wildman–Crippen MR) is 100 cm³/mol. The number of non-ortho nitro benzene ring substituents is 1. The summed E-state index contributed by atoms with van der Waals surface area (Å²) in [6, 6.07) is 13.7. The van der Waals surface area contributed by atoms with Crippen LogP contribution in [0.25, 0.3) is 0 Å². The van der Waals surface area contributed by atoms with Crippen molar-refractivity contribution in [3.63, 3.8) is 0 Å². The third kappa shape index (κ3) is 5.40. The van der Waals surface area contributed by atoms with Crippen molar-refractivity contribution in [2.24, 2.45) is 10.7 Å². The zero-order valence-corrected chi connectivity index (χ0v) is 14.8. The number of anilines is 1. The summed E-state index contributed by atoms with van der Waals surface area (Å²) in [6.45, 7) is 0.177. The zero-order chi connectivity index (χ0) is 15.9. The van der Waals surface area contributed by atoms with E-state index in [1.165, 1.54) is 19.2 Å². The summed E-state index contributed by atoms with van der Waals surface area (Å²) in [5.74, 6) is 0.752. The van der Waals surface area contributed by atoms with Crippen LogP contribution < -0.4 is 15.8 Å². The maximum absolute atomic E-state index is 10.8. The Balaban J connectivity index is 0.00000264. The summed E-state index contributed by atoms with van der Waals surface area (Å²) in [7, 11) is 1.50. The first kappa shape index (κ1) is 18.7. The number of nitrogens with one attached hydrogen (secondary N) is 1. The van der Waals surface area contributed by atoms with E-state index < -0.39 is 4.92 Å². The third-order valence-corrected chi connectivity index (χ3v) is 2.94. The standard InChI is InChI=1S/C15H16N4O3.HI/c1-22-14-8-7-13(19(20)21)9-11(14)10-17-15(16)18-12-5-3-2-4-6-12;/h2-9H,10H2,1H3,(H3,16,17,18);1H. The molecule has 7 nitrogen and oxygen atoms in total. The molecule has 0 unspecified atom stereocenters. The van der Waals surface area contributed by atoms with E-state index in [1.54, 1.807) is 6.07 Å². The number of ether oxygens (including phenoxy) is 1. The molecule has 2 aromatic carbocycles. The highest BCUT2D eigenvalue weighted by Gasteiger charge is 2.11. The number of nitro benzene ring substituents is 1. The topological polar surface area (TPSA) is 103 Å². The van der Waals surface area contributed by atoms with Gasteiger partial charge >= 0.3 is 0 Å². The molecule has 2 aromatic rings. The van der Waals surface area contributed by atoms with Crippen LogP contribution >= 0.6 is 24.0 Å². The van der Waals surface area contributed by atoms with E-state index in [2.05, 4.69) is 10.3 Å². The smallest absolute Gasteiger partial charge is 0.270 e. The molecule has 0 heterocycles. The molecular weight excluding hydrogens is 411 g/mol. The first-order valence-electron chi connectivity index (χ1n) is 6.53. The normalized spacial score (nSPS) is 10.6. The van der Waals surface area contributed by atoms with Crippen molar-refractivity contribution in [1.82, 2.24) is 0 Å². The molecule has 0 fully saturated rings. The number of para-hydroxylation sites is 1. The quantitative estimate of drug-likeness (QED) is 0.251. The van der Waals surface area contributed by atoms with Gasteiger partial charge in [0.05, 0.1) is 18.6 Å². The number of methoxy groups -OCH3 is 1. The van der Waals surface area contributed by atoms with Gasteiger partial charge in [-0.2, -0.15) is 0 Å². The van der Waals surface area contributed by atoms with Gasteiger partial charge in [0, 0.05) is 23.4 Å². The number of nitro groups is 1. The molecule has 0 aliphatic rings. The number of rotatable bonds is 5. The molecule has 0 saturated heterocycles. The highest BCUT2D eigenvalue weighted by Crippen LogP contribution is 2.24. The molecule has 0 saturated carbocycles. The Morgan fingerprint density at radius 2 is 2.00 bits per heavy atom. The lowest BCUT2D eigenvalue weighted by molar-refractivity contribution is -0.384. The van der Waals surface area contributed by atoms with Gasteiger partial charge in [-0.1, -0.05) is 18.2 Å². The molecule has 0 aliphatic heterocycles. The van der Waals surface area contributed by atoms with Crippen LogP contribution in [0.15, 0.2) is 53.5 Å². The number of benzene rings is 2. The van der Waals surface area contributed by atoms with Gasteiger partial charge in [-0.25, -0.2) is 4.99 Å². The summed E-state index contributed by atoms with van der Waals surface area (Å²) in [5.41, 5.74) is 7.20. The average molecular weight is 428 g/mol. The molecule has 2 rings (SSSR count). The Labute approximate surface area is 150 Å². The van der Waals surface area contributed by atoms with Crippen molar-refractivity contribution in [2.45, 2.75) is 6.54 Å². The van der Waals surface area contributed by atoms with Gasteiger partial charge < -0.3 is 15.8 Å². The lowest BCUT2D eigenvalue weighted by atomic mass is 10.2. The molecule has 0 atom stereocenters. The molecule has 0 spiro atoms. The second kappa shape index (κ2) is 8.93. The average Bonchev–Trinajstić information content (AvgIpc) is 2.53. The lowest BCUT2D eigenvalue weighted by Crippen LogP contribution is -2.22. The van der Waals surface area contributed by atoms with Gasteiger partial charge in [-0.05, 0) is 18.2 Å². The first-order chi connectivity index (χ1) is 10.6. The molecule has 3 N–H and O–H groups in total. The predicted octanol–water partition coefficient (Wildman–Crippen LogP) is 3.15. The van der Waals surface area contributed by atoms with Gasteiger partial charge in [0.25, 0.3) is 5.69 Å². The third-order valence-electron chi connectivity index (χ3n) is 2.94. The van der Waals surface area contributed by atoms with Crippen LogP contribution in [0.4, 0.5) is 11.4 Å². The molecule has 0 bridgehead atoms. The highest BCUT2D eigenvalue weighted by atomic mass is 127. The van der Waals surface area contributed by atoms with Crippen molar-refractivity contribution in [1.29, 1.82) is 0 Å². The van der Waals surface area contributed by atoms with Gasteiger partial charge in [-0.15, -0.1) is 24.0 Å². The van der Waals surface area contributed by atoms with Crippen molar-refractivity contribution in [2.75, 3.05) is 12.4 Å². The van der Waals surface area contributed by atoms with E-state index in [0.717, 1.165) is 5.69 Å². The van der Waals surface area contributed by atoms with E-state index in [1.807, 2.05) is 30.3 Å². The van der Waals surface area contributed by atoms with Gasteiger partial charge in [-0.3, -0.25) is 10.1 Å². The Hall–Kier alpha value is -2.36. The minimum Gasteiger partial charge on any atom is -0.496 e. The number of hydrogen-bond donors (Lipinski definition) is 2. The summed E-state index contributed by atoms with van der Waals surface area (Å²) in [5, 5.41) is 13.8. The van der Waals surface area contributed by atoms with Crippen molar-refractivity contribution < 1.29 is 9.66 Å². The van der Waals surface area contributed by atoms with Crippen LogP contribution in [0.3, 0.4) is 0 Å². The molecule has 0 aromatic heterocycles. The van der Waals surface area contributed by atoms with Gasteiger partial charge in [0.1, 0.15) is 5.75 Å². The van der Waals surface area contributed by atoms with E-state index in [4.69, 9.17) is 10.5 Å². The molecule has 0 amide bonds. The molecule has 8 heteroatoms. The second-order valence-corrected chi connectivity index (χ2v) is 4.45. The van der Waals surface area contributed by atoms with Crippen LogP contribution in [0, 0.1) is 10.1 Å². The van der Waals surface area contributed by atoms with Crippen molar-refractivity contribution in [3.05, 3.63) is 64.2 Å². The molecule has 0 radical (unpaired) electrons. The van der Waals surface area contributed by atoms with E-state index in [-0.39, 0.29) is 42.2 Å². The fourth-order valence-electron chi connectivity index (χ4n) is 1.88. The summed E-state index contributed by atoms with van der Waals surface area (Å²) in [4.78, 5) is 14.5. The minimum atomic E-state index is -0.460. The van der Waals surface area contributed by atoms with Crippen LogP contribution in [-0.2, 0) is 6.54 Å². The minimum absolute atomic E-state index is 0. The second-order valence-electron chi connectivity index (χ2n) is 4.45. The van der Waals surface area contributed by atoms with Crippen LogP contribution in [0.2, 0.25) is 0 Å². The maximum atomic E-state index is 10.8. The molecular formula is C15H17IN4O3. The van der Waals surface area contributed by atoms with Crippen LogP contribution in [-0.4, -0.2) is 18.0 Å².